The van der Waals surface area contributed by atoms with Crippen molar-refractivity contribution in [2.45, 2.75) is 13.1 Å². The normalized spacial score (nSPS) is 10.3. The summed E-state index contributed by atoms with van der Waals surface area (Å²) in [7, 11) is 0. The molecule has 4 nitrogen and oxygen atoms in total. The minimum Gasteiger partial charge on any atom is -0.351 e. The number of amides is 1. The molecule has 2 aromatic carbocycles. The fourth-order valence-corrected chi connectivity index (χ4v) is 2.43. The molecule has 0 bridgehead atoms. The zero-order chi connectivity index (χ0) is 16.5. The summed E-state index contributed by atoms with van der Waals surface area (Å²) in [5.74, 6) is -0.00988. The van der Waals surface area contributed by atoms with Crippen LogP contribution in [0.2, 0.25) is 5.02 Å². The van der Waals surface area contributed by atoms with Gasteiger partial charge in [-0.05, 0) is 23.3 Å². The van der Waals surface area contributed by atoms with Crippen LogP contribution in [0.15, 0.2) is 54.6 Å². The molecule has 2 rings (SSSR count). The highest BCUT2D eigenvalue weighted by Crippen LogP contribution is 2.09. The van der Waals surface area contributed by atoms with E-state index in [1.165, 1.54) is 5.56 Å². The fourth-order valence-electron chi connectivity index (χ4n) is 2.30. The van der Waals surface area contributed by atoms with Gasteiger partial charge in [-0.3, -0.25) is 9.69 Å². The average Bonchev–Trinajstić information content (AvgIpc) is 2.55. The predicted molar refractivity (Wildman–Crippen MR) is 101 cm³/mol. The molecular formula is C18H23Cl2N3O. The molecule has 6 heteroatoms. The van der Waals surface area contributed by atoms with E-state index < -0.39 is 0 Å². The summed E-state index contributed by atoms with van der Waals surface area (Å²) in [6.45, 7) is 2.75. The van der Waals surface area contributed by atoms with Gasteiger partial charge in [0.15, 0.2) is 0 Å². The molecular weight excluding hydrogens is 345 g/mol. The predicted octanol–water partition coefficient (Wildman–Crippen LogP) is 2.84. The molecule has 0 heterocycles. The Morgan fingerprint density at radius 2 is 1.71 bits per heavy atom. The summed E-state index contributed by atoms with van der Waals surface area (Å²) >= 11 is 5.85. The van der Waals surface area contributed by atoms with Crippen LogP contribution in [0.25, 0.3) is 0 Å². The maximum atomic E-state index is 12.1. The van der Waals surface area contributed by atoms with E-state index in [4.69, 9.17) is 17.3 Å². The van der Waals surface area contributed by atoms with E-state index >= 15 is 0 Å². The number of carbonyl (C=O) groups is 1. The molecule has 0 aliphatic carbocycles. The van der Waals surface area contributed by atoms with Gasteiger partial charge in [-0.1, -0.05) is 54.1 Å². The summed E-state index contributed by atoms with van der Waals surface area (Å²) in [6, 6.07) is 17.5. The topological polar surface area (TPSA) is 58.4 Å². The van der Waals surface area contributed by atoms with Crippen LogP contribution < -0.4 is 11.1 Å². The van der Waals surface area contributed by atoms with E-state index in [9.17, 15) is 4.79 Å². The Kier molecular flexibility index (Phi) is 9.42. The van der Waals surface area contributed by atoms with E-state index in [-0.39, 0.29) is 18.3 Å². The molecule has 2 aromatic rings. The zero-order valence-corrected chi connectivity index (χ0v) is 15.0. The first-order valence-corrected chi connectivity index (χ1v) is 8.02. The van der Waals surface area contributed by atoms with Crippen LogP contribution >= 0.6 is 24.0 Å². The molecule has 0 fully saturated rings. The SMILES string of the molecule is Cl.NCCN(CC(=O)NCc1ccc(Cl)cc1)Cc1ccccc1. The summed E-state index contributed by atoms with van der Waals surface area (Å²) in [4.78, 5) is 14.2. The first-order chi connectivity index (χ1) is 11.2. The Hall–Kier alpha value is -1.59. The van der Waals surface area contributed by atoms with Crippen molar-refractivity contribution in [2.75, 3.05) is 19.6 Å². The van der Waals surface area contributed by atoms with Gasteiger partial charge in [0.25, 0.3) is 0 Å². The smallest absolute Gasteiger partial charge is 0.234 e. The second-order valence-corrected chi connectivity index (χ2v) is 5.82. The van der Waals surface area contributed by atoms with Gasteiger partial charge in [-0.25, -0.2) is 0 Å². The van der Waals surface area contributed by atoms with Gasteiger partial charge in [-0.15, -0.1) is 12.4 Å². The first kappa shape index (κ1) is 20.5. The van der Waals surface area contributed by atoms with Crippen LogP contribution in [0.3, 0.4) is 0 Å². The second kappa shape index (κ2) is 11.0. The van der Waals surface area contributed by atoms with Gasteiger partial charge in [0, 0.05) is 31.2 Å². The summed E-state index contributed by atoms with van der Waals surface area (Å²) < 4.78 is 0. The number of rotatable bonds is 8. The van der Waals surface area contributed by atoms with Crippen LogP contribution in [-0.4, -0.2) is 30.4 Å². The van der Waals surface area contributed by atoms with Crippen LogP contribution in [0.1, 0.15) is 11.1 Å². The number of hydrogen-bond donors (Lipinski definition) is 2. The van der Waals surface area contributed by atoms with E-state index in [2.05, 4.69) is 17.4 Å². The highest BCUT2D eigenvalue weighted by atomic mass is 35.5. The second-order valence-electron chi connectivity index (χ2n) is 5.39. The summed E-state index contributed by atoms with van der Waals surface area (Å²) in [5.41, 5.74) is 7.85. The molecule has 1 amide bonds. The minimum atomic E-state index is -0.00988. The van der Waals surface area contributed by atoms with Gasteiger partial charge in [0.05, 0.1) is 6.54 Å². The molecule has 0 unspecified atom stereocenters. The van der Waals surface area contributed by atoms with Crippen molar-refractivity contribution in [2.24, 2.45) is 5.73 Å². The van der Waals surface area contributed by atoms with Crippen LogP contribution in [0, 0.1) is 0 Å². The Morgan fingerprint density at radius 3 is 2.33 bits per heavy atom. The minimum absolute atomic E-state index is 0. The number of halogens is 2. The van der Waals surface area contributed by atoms with E-state index in [0.29, 0.717) is 37.7 Å². The lowest BCUT2D eigenvalue weighted by molar-refractivity contribution is -0.122. The molecule has 0 radical (unpaired) electrons. The number of hydrogen-bond acceptors (Lipinski definition) is 3. The van der Waals surface area contributed by atoms with Crippen molar-refractivity contribution in [1.29, 1.82) is 0 Å². The van der Waals surface area contributed by atoms with Crippen molar-refractivity contribution < 1.29 is 4.79 Å². The summed E-state index contributed by atoms with van der Waals surface area (Å²) in [6.07, 6.45) is 0. The molecule has 130 valence electrons. The maximum Gasteiger partial charge on any atom is 0.234 e. The van der Waals surface area contributed by atoms with Crippen molar-refractivity contribution in [1.82, 2.24) is 10.2 Å². The molecule has 0 spiro atoms. The average molecular weight is 368 g/mol. The third-order valence-corrected chi connectivity index (χ3v) is 3.72. The molecule has 0 atom stereocenters. The Labute approximate surface area is 154 Å². The number of nitrogens with one attached hydrogen (secondary N) is 1. The zero-order valence-electron chi connectivity index (χ0n) is 13.5. The van der Waals surface area contributed by atoms with Gasteiger partial charge in [0.1, 0.15) is 0 Å². The number of nitrogens with zero attached hydrogens (tertiary/aromatic N) is 1. The Morgan fingerprint density at radius 1 is 1.04 bits per heavy atom. The van der Waals surface area contributed by atoms with Crippen LogP contribution in [0.4, 0.5) is 0 Å². The molecule has 0 aliphatic heterocycles. The lowest BCUT2D eigenvalue weighted by Crippen LogP contribution is -2.39. The third kappa shape index (κ3) is 7.32. The Balaban J connectivity index is 0.00000288. The van der Waals surface area contributed by atoms with E-state index in [1.54, 1.807) is 0 Å². The number of nitrogens with two attached hydrogens (primary N) is 1. The van der Waals surface area contributed by atoms with Crippen LogP contribution in [0.5, 0.6) is 0 Å². The van der Waals surface area contributed by atoms with Gasteiger partial charge in [0.2, 0.25) is 5.91 Å². The maximum absolute atomic E-state index is 12.1. The van der Waals surface area contributed by atoms with E-state index in [1.807, 2.05) is 47.4 Å². The summed E-state index contributed by atoms with van der Waals surface area (Å²) in [5, 5.41) is 3.62. The molecule has 3 N–H and O–H groups in total. The molecule has 0 saturated heterocycles. The standard InChI is InChI=1S/C18H22ClN3O.ClH/c19-17-8-6-15(7-9-17)12-21-18(23)14-22(11-10-20)13-16-4-2-1-3-5-16;/h1-9H,10-14,20H2,(H,21,23);1H. The quantitative estimate of drug-likeness (QED) is 0.753. The van der Waals surface area contributed by atoms with Crippen LogP contribution in [-0.2, 0) is 17.9 Å². The van der Waals surface area contributed by atoms with E-state index in [0.717, 1.165) is 5.56 Å². The molecule has 0 saturated carbocycles. The lowest BCUT2D eigenvalue weighted by atomic mass is 10.2. The molecule has 0 aromatic heterocycles. The van der Waals surface area contributed by atoms with Crippen molar-refractivity contribution in [3.63, 3.8) is 0 Å². The molecule has 24 heavy (non-hydrogen) atoms. The molecule has 0 aliphatic rings. The van der Waals surface area contributed by atoms with Gasteiger partial charge < -0.3 is 11.1 Å². The highest BCUT2D eigenvalue weighted by Gasteiger charge is 2.10. The number of carbonyl (C=O) groups excluding carboxylic acids is 1. The van der Waals surface area contributed by atoms with Crippen molar-refractivity contribution in [3.05, 3.63) is 70.7 Å². The van der Waals surface area contributed by atoms with Gasteiger partial charge >= 0.3 is 0 Å². The Bertz CT molecular complexity index is 605. The largest absolute Gasteiger partial charge is 0.351 e. The highest BCUT2D eigenvalue weighted by molar-refractivity contribution is 6.30. The van der Waals surface area contributed by atoms with Gasteiger partial charge in [-0.2, -0.15) is 0 Å². The fraction of sp³-hybridized carbons (Fsp3) is 0.278. The first-order valence-electron chi connectivity index (χ1n) is 7.65. The van der Waals surface area contributed by atoms with Crippen molar-refractivity contribution in [3.8, 4) is 0 Å². The third-order valence-electron chi connectivity index (χ3n) is 3.46. The lowest BCUT2D eigenvalue weighted by Gasteiger charge is -2.21. The number of benzene rings is 2. The van der Waals surface area contributed by atoms with Crippen molar-refractivity contribution >= 4 is 29.9 Å². The monoisotopic (exact) mass is 367 g/mol.